The zero-order chi connectivity index (χ0) is 23.7. The minimum atomic E-state index is -0.296. The molecule has 2 aromatic heterocycles. The van der Waals surface area contributed by atoms with Crippen LogP contribution in [0.3, 0.4) is 0 Å². The van der Waals surface area contributed by atoms with E-state index in [1.54, 1.807) is 4.57 Å². The van der Waals surface area contributed by atoms with Crippen LogP contribution in [-0.2, 0) is 6.67 Å². The van der Waals surface area contributed by atoms with Crippen LogP contribution >= 0.6 is 11.5 Å². The highest BCUT2D eigenvalue weighted by Crippen LogP contribution is 2.30. The fourth-order valence-corrected chi connectivity index (χ4v) is 4.73. The first-order valence-electron chi connectivity index (χ1n) is 11.1. The molecule has 0 fully saturated rings. The summed E-state index contributed by atoms with van der Waals surface area (Å²) in [4.78, 5) is 19.9. The SMILES string of the molecule is C#CCOc1ccc2c(c1)c(-c1ccc(C(C)C)cc1)nc(=O)n2CN1C=c2cnsc2=CC1. The average Bonchev–Trinajstić information content (AvgIpc) is 3.32. The zero-order valence-electron chi connectivity index (χ0n) is 19.1. The Bertz CT molecular complexity index is 1580. The fraction of sp³-hybridized carbons (Fsp3) is 0.222. The van der Waals surface area contributed by atoms with Crippen LogP contribution in [0.15, 0.2) is 53.5 Å². The molecule has 0 aliphatic carbocycles. The van der Waals surface area contributed by atoms with Gasteiger partial charge in [-0.1, -0.05) is 44.0 Å². The van der Waals surface area contributed by atoms with Crippen molar-refractivity contribution in [1.82, 2.24) is 18.8 Å². The van der Waals surface area contributed by atoms with Crippen molar-refractivity contribution in [1.29, 1.82) is 0 Å². The fourth-order valence-electron chi connectivity index (χ4n) is 4.09. The predicted molar refractivity (Wildman–Crippen MR) is 137 cm³/mol. The van der Waals surface area contributed by atoms with Gasteiger partial charge in [-0.15, -0.1) is 6.42 Å². The number of terminal acetylenes is 1. The maximum absolute atomic E-state index is 13.3. The van der Waals surface area contributed by atoms with Crippen LogP contribution in [0.25, 0.3) is 34.4 Å². The van der Waals surface area contributed by atoms with Crippen molar-refractivity contribution in [3.05, 3.63) is 74.5 Å². The molecular formula is C27H24N4O2S. The Kier molecular flexibility index (Phi) is 5.91. The third-order valence-electron chi connectivity index (χ3n) is 5.91. The summed E-state index contributed by atoms with van der Waals surface area (Å²) in [5.74, 6) is 3.56. The van der Waals surface area contributed by atoms with Crippen LogP contribution in [0, 0.1) is 12.3 Å². The highest BCUT2D eigenvalue weighted by Gasteiger charge is 2.16. The van der Waals surface area contributed by atoms with Crippen molar-refractivity contribution >= 4 is 34.7 Å². The Balaban J connectivity index is 1.62. The average molecular weight is 469 g/mol. The van der Waals surface area contributed by atoms with Crippen LogP contribution < -0.4 is 20.2 Å². The summed E-state index contributed by atoms with van der Waals surface area (Å²) in [7, 11) is 0. The normalized spacial score (nSPS) is 12.7. The Morgan fingerprint density at radius 1 is 1.21 bits per heavy atom. The standard InChI is InChI=1S/C27H24N4O2S/c1-4-13-33-22-9-10-24-23(14-22)26(20-7-5-19(6-8-20)18(2)3)29-27(32)31(24)17-30-12-11-25-21(16-30)15-28-34-25/h1,5-11,14-16,18H,12-13,17H2,2-3H3. The van der Waals surface area contributed by atoms with Gasteiger partial charge in [0, 0.05) is 35.1 Å². The predicted octanol–water partition coefficient (Wildman–Crippen LogP) is 3.15. The molecule has 0 amide bonds. The van der Waals surface area contributed by atoms with E-state index in [4.69, 9.17) is 11.2 Å². The van der Waals surface area contributed by atoms with Gasteiger partial charge in [0.25, 0.3) is 0 Å². The number of rotatable bonds is 6. The molecular weight excluding hydrogens is 444 g/mol. The summed E-state index contributed by atoms with van der Waals surface area (Å²) in [6, 6.07) is 13.9. The van der Waals surface area contributed by atoms with Gasteiger partial charge in [0.2, 0.25) is 0 Å². The van der Waals surface area contributed by atoms with Crippen LogP contribution in [0.1, 0.15) is 25.3 Å². The minimum Gasteiger partial charge on any atom is -0.481 e. The Morgan fingerprint density at radius 3 is 2.79 bits per heavy atom. The lowest BCUT2D eigenvalue weighted by atomic mass is 9.99. The summed E-state index contributed by atoms with van der Waals surface area (Å²) in [6.45, 7) is 5.56. The topological polar surface area (TPSA) is 60.2 Å². The van der Waals surface area contributed by atoms with Crippen molar-refractivity contribution in [2.75, 3.05) is 13.2 Å². The van der Waals surface area contributed by atoms with Gasteiger partial charge in [-0.05, 0) is 47.3 Å². The smallest absolute Gasteiger partial charge is 0.350 e. The number of fused-ring (bicyclic) bond motifs is 2. The van der Waals surface area contributed by atoms with Gasteiger partial charge in [-0.3, -0.25) is 4.57 Å². The molecule has 3 heterocycles. The number of ether oxygens (including phenoxy) is 1. The molecule has 34 heavy (non-hydrogen) atoms. The maximum Gasteiger partial charge on any atom is 0.350 e. The van der Waals surface area contributed by atoms with E-state index in [-0.39, 0.29) is 12.3 Å². The summed E-state index contributed by atoms with van der Waals surface area (Å²) in [5, 5.41) is 1.90. The molecule has 5 rings (SSSR count). The molecule has 0 unspecified atom stereocenters. The third-order valence-corrected chi connectivity index (χ3v) is 6.72. The maximum atomic E-state index is 13.3. The van der Waals surface area contributed by atoms with Crippen LogP contribution in [0.5, 0.6) is 5.75 Å². The molecule has 6 nitrogen and oxygen atoms in total. The molecule has 0 spiro atoms. The summed E-state index contributed by atoms with van der Waals surface area (Å²) in [5.41, 5.74) is 3.25. The lowest BCUT2D eigenvalue weighted by molar-refractivity contribution is 0.365. The van der Waals surface area contributed by atoms with Crippen LogP contribution in [0.2, 0.25) is 0 Å². The van der Waals surface area contributed by atoms with Crippen molar-refractivity contribution in [2.45, 2.75) is 26.4 Å². The van der Waals surface area contributed by atoms with Crippen LogP contribution in [-0.4, -0.2) is 32.0 Å². The first-order valence-corrected chi connectivity index (χ1v) is 11.9. The number of aromatic nitrogens is 3. The van der Waals surface area contributed by atoms with Crippen molar-refractivity contribution < 1.29 is 4.74 Å². The van der Waals surface area contributed by atoms with E-state index < -0.39 is 0 Å². The number of hydrogen-bond acceptors (Lipinski definition) is 6. The lowest BCUT2D eigenvalue weighted by Crippen LogP contribution is -2.36. The molecule has 0 saturated carbocycles. The number of nitrogens with zero attached hydrogens (tertiary/aromatic N) is 4. The largest absolute Gasteiger partial charge is 0.481 e. The molecule has 0 N–H and O–H groups in total. The van der Waals surface area contributed by atoms with E-state index in [0.717, 1.165) is 26.2 Å². The van der Waals surface area contributed by atoms with E-state index in [9.17, 15) is 4.79 Å². The summed E-state index contributed by atoms with van der Waals surface area (Å²) in [6.07, 6.45) is 11.4. The number of benzene rings is 2. The molecule has 1 aliphatic rings. The highest BCUT2D eigenvalue weighted by molar-refractivity contribution is 7.03. The first-order chi connectivity index (χ1) is 16.5. The van der Waals surface area contributed by atoms with Gasteiger partial charge in [0.1, 0.15) is 12.4 Å². The molecule has 0 bridgehead atoms. The summed E-state index contributed by atoms with van der Waals surface area (Å²) >= 11 is 1.48. The zero-order valence-corrected chi connectivity index (χ0v) is 19.9. The van der Waals surface area contributed by atoms with E-state index in [1.807, 2.05) is 42.7 Å². The van der Waals surface area contributed by atoms with Gasteiger partial charge < -0.3 is 9.64 Å². The Morgan fingerprint density at radius 2 is 2.03 bits per heavy atom. The molecule has 2 aromatic carbocycles. The molecule has 0 radical (unpaired) electrons. The lowest BCUT2D eigenvalue weighted by Gasteiger charge is -2.23. The molecule has 0 atom stereocenters. The van der Waals surface area contributed by atoms with Crippen molar-refractivity contribution in [3.8, 4) is 29.4 Å². The Hall–Kier alpha value is -3.89. The van der Waals surface area contributed by atoms with E-state index in [2.05, 4.69) is 52.2 Å². The first kappa shape index (κ1) is 21.9. The molecule has 170 valence electrons. The Labute approximate surface area is 201 Å². The van der Waals surface area contributed by atoms with Gasteiger partial charge in [0.15, 0.2) is 0 Å². The van der Waals surface area contributed by atoms with Gasteiger partial charge >= 0.3 is 5.69 Å². The minimum absolute atomic E-state index is 0.173. The van der Waals surface area contributed by atoms with Gasteiger partial charge in [-0.25, -0.2) is 4.79 Å². The third kappa shape index (κ3) is 4.20. The van der Waals surface area contributed by atoms with Gasteiger partial charge in [-0.2, -0.15) is 9.36 Å². The highest BCUT2D eigenvalue weighted by atomic mass is 32.1. The van der Waals surface area contributed by atoms with Gasteiger partial charge in [0.05, 0.1) is 22.4 Å². The quantitative estimate of drug-likeness (QED) is 0.407. The monoisotopic (exact) mass is 468 g/mol. The molecule has 7 heteroatoms. The van der Waals surface area contributed by atoms with E-state index in [1.165, 1.54) is 17.1 Å². The van der Waals surface area contributed by atoms with Crippen molar-refractivity contribution in [2.24, 2.45) is 0 Å². The van der Waals surface area contributed by atoms with E-state index in [0.29, 0.717) is 30.6 Å². The summed E-state index contributed by atoms with van der Waals surface area (Å²) < 4.78 is 12.8. The second-order valence-corrected chi connectivity index (χ2v) is 9.34. The number of hydrogen-bond donors (Lipinski definition) is 0. The van der Waals surface area contributed by atoms with E-state index >= 15 is 0 Å². The second-order valence-electron chi connectivity index (χ2n) is 8.51. The molecule has 0 saturated heterocycles. The molecule has 4 aromatic rings. The van der Waals surface area contributed by atoms with Crippen molar-refractivity contribution in [3.63, 3.8) is 0 Å². The van der Waals surface area contributed by atoms with Crippen LogP contribution in [0.4, 0.5) is 0 Å². The molecule has 1 aliphatic heterocycles. The second kappa shape index (κ2) is 9.16.